The number of rotatable bonds is 7. The molecule has 2 N–H and O–H groups in total. The van der Waals surface area contributed by atoms with Crippen LogP contribution >= 0.6 is 0 Å². The second-order valence-electron chi connectivity index (χ2n) is 5.93. The zero-order valence-electron chi connectivity index (χ0n) is 16.0. The number of ketones is 1. The van der Waals surface area contributed by atoms with E-state index in [0.717, 1.165) is 16.5 Å². The average Bonchev–Trinajstić information content (AvgIpc) is 3.11. The van der Waals surface area contributed by atoms with Crippen molar-refractivity contribution < 1.29 is 28.8 Å². The Morgan fingerprint density at radius 3 is 2.14 bits per heavy atom. The summed E-state index contributed by atoms with van der Waals surface area (Å²) in [6.07, 6.45) is 4.88. The van der Waals surface area contributed by atoms with Crippen molar-refractivity contribution in [3.63, 3.8) is 0 Å². The van der Waals surface area contributed by atoms with E-state index in [1.807, 2.05) is 0 Å². The van der Waals surface area contributed by atoms with Gasteiger partial charge < -0.3 is 29.0 Å². The van der Waals surface area contributed by atoms with Gasteiger partial charge in [0.15, 0.2) is 28.8 Å². The molecule has 2 aromatic carbocycles. The molecule has 0 radical (unpaired) electrons. The summed E-state index contributed by atoms with van der Waals surface area (Å²) in [7, 11) is 5.98. The number of phenolic OH excluding ortho intramolecular Hbond substituents is 1. The van der Waals surface area contributed by atoms with Crippen LogP contribution in [0.1, 0.15) is 15.9 Å². The fraction of sp³-hybridized carbons (Fsp3) is 0.190. The SMILES string of the molecule is COc1cc2[nH]cc(/C=C/C(=O)c3cc(OC)c(OC)c(OC)c3)c2cc1O. The van der Waals surface area contributed by atoms with Crippen LogP contribution in [-0.4, -0.2) is 44.3 Å². The molecule has 0 saturated carbocycles. The van der Waals surface area contributed by atoms with Crippen molar-refractivity contribution in [2.24, 2.45) is 0 Å². The topological polar surface area (TPSA) is 90.0 Å². The lowest BCUT2D eigenvalue weighted by atomic mass is 10.1. The summed E-state index contributed by atoms with van der Waals surface area (Å²) in [4.78, 5) is 15.8. The van der Waals surface area contributed by atoms with Crippen LogP contribution in [-0.2, 0) is 0 Å². The zero-order chi connectivity index (χ0) is 20.3. The van der Waals surface area contributed by atoms with Gasteiger partial charge in [-0.2, -0.15) is 0 Å². The highest BCUT2D eigenvalue weighted by Gasteiger charge is 2.16. The van der Waals surface area contributed by atoms with Crippen molar-refractivity contribution in [3.8, 4) is 28.7 Å². The number of allylic oxidation sites excluding steroid dienone is 1. The molecular formula is C21H21NO6. The number of methoxy groups -OCH3 is 4. The molecular weight excluding hydrogens is 362 g/mol. The van der Waals surface area contributed by atoms with E-state index in [2.05, 4.69) is 4.98 Å². The average molecular weight is 383 g/mol. The summed E-state index contributed by atoms with van der Waals surface area (Å²) < 4.78 is 21.0. The quantitative estimate of drug-likeness (QED) is 0.476. The van der Waals surface area contributed by atoms with Gasteiger partial charge in [-0.3, -0.25) is 4.79 Å². The van der Waals surface area contributed by atoms with E-state index in [1.165, 1.54) is 34.5 Å². The lowest BCUT2D eigenvalue weighted by molar-refractivity contribution is 0.104. The van der Waals surface area contributed by atoms with E-state index in [1.54, 1.807) is 36.5 Å². The fourth-order valence-electron chi connectivity index (χ4n) is 2.95. The second-order valence-corrected chi connectivity index (χ2v) is 5.93. The number of carbonyl (C=O) groups excluding carboxylic acids is 1. The maximum absolute atomic E-state index is 12.7. The highest BCUT2D eigenvalue weighted by atomic mass is 16.5. The molecule has 3 aromatic rings. The number of H-pyrrole nitrogens is 1. The van der Waals surface area contributed by atoms with Gasteiger partial charge in [0, 0.05) is 34.3 Å². The minimum absolute atomic E-state index is 0.0280. The predicted molar refractivity (Wildman–Crippen MR) is 106 cm³/mol. The smallest absolute Gasteiger partial charge is 0.203 e. The Bertz CT molecular complexity index is 1030. The van der Waals surface area contributed by atoms with Gasteiger partial charge in [0.05, 0.1) is 28.4 Å². The van der Waals surface area contributed by atoms with Gasteiger partial charge >= 0.3 is 0 Å². The summed E-state index contributed by atoms with van der Waals surface area (Å²) >= 11 is 0. The van der Waals surface area contributed by atoms with Crippen molar-refractivity contribution in [3.05, 3.63) is 47.7 Å². The lowest BCUT2D eigenvalue weighted by Gasteiger charge is -2.13. The molecule has 0 fully saturated rings. The molecule has 7 heteroatoms. The maximum Gasteiger partial charge on any atom is 0.203 e. The second kappa shape index (κ2) is 7.96. The number of aromatic amines is 1. The first-order valence-electron chi connectivity index (χ1n) is 8.42. The molecule has 0 aliphatic heterocycles. The van der Waals surface area contributed by atoms with Crippen LogP contribution in [0.4, 0.5) is 0 Å². The Balaban J connectivity index is 1.94. The van der Waals surface area contributed by atoms with E-state index >= 15 is 0 Å². The summed E-state index contributed by atoms with van der Waals surface area (Å²) in [6.45, 7) is 0. The number of aromatic hydroxyl groups is 1. The van der Waals surface area contributed by atoms with Crippen LogP contribution < -0.4 is 18.9 Å². The Hall–Kier alpha value is -3.61. The molecule has 28 heavy (non-hydrogen) atoms. The molecule has 0 atom stereocenters. The van der Waals surface area contributed by atoms with Gasteiger partial charge in [-0.05, 0) is 30.4 Å². The Morgan fingerprint density at radius 2 is 1.57 bits per heavy atom. The third-order valence-corrected chi connectivity index (χ3v) is 4.38. The molecule has 0 spiro atoms. The molecule has 1 aromatic heterocycles. The molecule has 0 amide bonds. The Morgan fingerprint density at radius 1 is 0.929 bits per heavy atom. The number of aromatic nitrogens is 1. The van der Waals surface area contributed by atoms with E-state index in [9.17, 15) is 9.90 Å². The number of benzene rings is 2. The van der Waals surface area contributed by atoms with Gasteiger partial charge in [0.1, 0.15) is 0 Å². The molecule has 0 aliphatic carbocycles. The van der Waals surface area contributed by atoms with Gasteiger partial charge in [-0.25, -0.2) is 0 Å². The van der Waals surface area contributed by atoms with Crippen LogP contribution in [0.15, 0.2) is 36.5 Å². The number of phenols is 1. The highest BCUT2D eigenvalue weighted by molar-refractivity contribution is 6.08. The zero-order valence-corrected chi connectivity index (χ0v) is 16.0. The molecule has 3 rings (SSSR count). The van der Waals surface area contributed by atoms with Crippen molar-refractivity contribution in [1.29, 1.82) is 0 Å². The first-order valence-corrected chi connectivity index (χ1v) is 8.42. The van der Waals surface area contributed by atoms with Crippen LogP contribution in [0.5, 0.6) is 28.7 Å². The number of ether oxygens (including phenoxy) is 4. The number of fused-ring (bicyclic) bond motifs is 1. The first-order chi connectivity index (χ1) is 13.5. The molecule has 7 nitrogen and oxygen atoms in total. The number of nitrogens with one attached hydrogen (secondary N) is 1. The van der Waals surface area contributed by atoms with E-state index in [-0.39, 0.29) is 11.5 Å². The Labute approximate surface area is 162 Å². The minimum Gasteiger partial charge on any atom is -0.504 e. The monoisotopic (exact) mass is 383 g/mol. The Kier molecular flexibility index (Phi) is 5.44. The first kappa shape index (κ1) is 19.2. The summed E-state index contributed by atoms with van der Waals surface area (Å²) in [5.41, 5.74) is 1.94. The summed E-state index contributed by atoms with van der Waals surface area (Å²) in [6, 6.07) is 6.48. The summed E-state index contributed by atoms with van der Waals surface area (Å²) in [5, 5.41) is 10.8. The molecule has 0 saturated heterocycles. The van der Waals surface area contributed by atoms with E-state index < -0.39 is 0 Å². The molecule has 0 unspecified atom stereocenters. The molecule has 1 heterocycles. The third-order valence-electron chi connectivity index (χ3n) is 4.38. The fourth-order valence-corrected chi connectivity index (χ4v) is 2.95. The number of hydrogen-bond donors (Lipinski definition) is 2. The van der Waals surface area contributed by atoms with Gasteiger partial charge in [-0.15, -0.1) is 0 Å². The van der Waals surface area contributed by atoms with Crippen molar-refractivity contribution in [2.75, 3.05) is 28.4 Å². The van der Waals surface area contributed by atoms with Crippen molar-refractivity contribution in [1.82, 2.24) is 4.98 Å². The predicted octanol–water partition coefficient (Wildman–Crippen LogP) is 3.80. The van der Waals surface area contributed by atoms with Gasteiger partial charge in [0.25, 0.3) is 0 Å². The highest BCUT2D eigenvalue weighted by Crippen LogP contribution is 2.38. The van der Waals surface area contributed by atoms with Gasteiger partial charge in [-0.1, -0.05) is 0 Å². The number of hydrogen-bond acceptors (Lipinski definition) is 6. The van der Waals surface area contributed by atoms with E-state index in [0.29, 0.717) is 28.6 Å². The van der Waals surface area contributed by atoms with Crippen LogP contribution in [0.2, 0.25) is 0 Å². The van der Waals surface area contributed by atoms with Crippen LogP contribution in [0.25, 0.3) is 17.0 Å². The summed E-state index contributed by atoms with van der Waals surface area (Å²) in [5.74, 6) is 1.40. The van der Waals surface area contributed by atoms with Crippen LogP contribution in [0, 0.1) is 0 Å². The standard InChI is InChI=1S/C21H21NO6/c1-25-18-10-15-14(9-17(18)24)12(11-22-15)5-6-16(23)13-7-19(26-2)21(28-4)20(8-13)27-3/h5-11,22,24H,1-4H3/b6-5+. The van der Waals surface area contributed by atoms with E-state index in [4.69, 9.17) is 18.9 Å². The molecule has 0 bridgehead atoms. The van der Waals surface area contributed by atoms with Gasteiger partial charge in [0.2, 0.25) is 5.75 Å². The third kappa shape index (κ3) is 3.46. The number of carbonyl (C=O) groups is 1. The largest absolute Gasteiger partial charge is 0.504 e. The van der Waals surface area contributed by atoms with Crippen LogP contribution in [0.3, 0.4) is 0 Å². The minimum atomic E-state index is -0.230. The van der Waals surface area contributed by atoms with Crippen molar-refractivity contribution in [2.45, 2.75) is 0 Å². The lowest BCUT2D eigenvalue weighted by Crippen LogP contribution is -2.00. The van der Waals surface area contributed by atoms with Crippen molar-refractivity contribution >= 4 is 22.8 Å². The normalized spacial score (nSPS) is 11.0. The molecule has 0 aliphatic rings. The molecule has 146 valence electrons. The maximum atomic E-state index is 12.7.